The number of nitrogens with zero attached hydrogens (tertiary/aromatic N) is 4. The molecule has 0 atom stereocenters. The summed E-state index contributed by atoms with van der Waals surface area (Å²) in [5, 5.41) is 7.12. The molecule has 1 amide bonds. The minimum Gasteiger partial charge on any atom is -0.491 e. The minimum absolute atomic E-state index is 0.0602. The second-order valence-electron chi connectivity index (χ2n) is 6.13. The van der Waals surface area contributed by atoms with Crippen LogP contribution in [0.15, 0.2) is 30.6 Å². The van der Waals surface area contributed by atoms with Gasteiger partial charge in [0.15, 0.2) is 0 Å². The fourth-order valence-electron chi connectivity index (χ4n) is 2.88. The molecule has 3 aromatic rings. The number of carbonyl (C=O) groups is 1. The molecule has 0 spiro atoms. The highest BCUT2D eigenvalue weighted by Gasteiger charge is 2.13. The number of nitrogens with one attached hydrogen (secondary N) is 1. The van der Waals surface area contributed by atoms with Gasteiger partial charge in [0.2, 0.25) is 5.91 Å². The van der Waals surface area contributed by atoms with Crippen molar-refractivity contribution in [2.24, 2.45) is 0 Å². The normalized spacial score (nSPS) is 10.9. The van der Waals surface area contributed by atoms with Crippen LogP contribution in [0.1, 0.15) is 36.7 Å². The largest absolute Gasteiger partial charge is 0.491 e. The van der Waals surface area contributed by atoms with E-state index in [0.717, 1.165) is 23.4 Å². The lowest BCUT2D eigenvalue weighted by Gasteiger charge is -2.13. The number of carbonyl (C=O) groups excluding carboxylic acids is 1. The highest BCUT2D eigenvalue weighted by Crippen LogP contribution is 2.24. The van der Waals surface area contributed by atoms with Crippen LogP contribution in [-0.4, -0.2) is 32.1 Å². The number of aromatic nitrogens is 4. The average Bonchev–Trinajstić information content (AvgIpc) is 3.09. The first kappa shape index (κ1) is 17.8. The molecule has 0 aliphatic rings. The van der Waals surface area contributed by atoms with Gasteiger partial charge in [0.05, 0.1) is 12.3 Å². The van der Waals surface area contributed by atoms with Crippen molar-refractivity contribution in [2.75, 3.05) is 11.9 Å². The van der Waals surface area contributed by atoms with E-state index < -0.39 is 0 Å². The third kappa shape index (κ3) is 3.82. The molecular weight excluding hydrogens is 330 g/mol. The van der Waals surface area contributed by atoms with Crippen molar-refractivity contribution in [1.29, 1.82) is 0 Å². The zero-order valence-electron chi connectivity index (χ0n) is 15.3. The summed E-state index contributed by atoms with van der Waals surface area (Å²) in [4.78, 5) is 21.0. The van der Waals surface area contributed by atoms with Gasteiger partial charge in [0, 0.05) is 17.8 Å². The SMILES string of the molecule is CCCOc1ccccc1NC(=O)CCc1c(C)nc2ncnn2c1C. The highest BCUT2D eigenvalue weighted by molar-refractivity contribution is 5.92. The van der Waals surface area contributed by atoms with Gasteiger partial charge < -0.3 is 10.1 Å². The van der Waals surface area contributed by atoms with Gasteiger partial charge >= 0.3 is 0 Å². The number of ether oxygens (including phenoxy) is 1. The maximum Gasteiger partial charge on any atom is 0.252 e. The molecule has 0 unspecified atom stereocenters. The number of hydrogen-bond donors (Lipinski definition) is 1. The number of rotatable bonds is 7. The second-order valence-corrected chi connectivity index (χ2v) is 6.13. The first-order chi connectivity index (χ1) is 12.6. The van der Waals surface area contributed by atoms with Gasteiger partial charge in [0.25, 0.3) is 5.78 Å². The predicted molar refractivity (Wildman–Crippen MR) is 99.4 cm³/mol. The van der Waals surface area contributed by atoms with Gasteiger partial charge in [-0.2, -0.15) is 10.1 Å². The Kier molecular flexibility index (Phi) is 5.46. The quantitative estimate of drug-likeness (QED) is 0.706. The van der Waals surface area contributed by atoms with Crippen molar-refractivity contribution in [3.8, 4) is 5.75 Å². The molecule has 2 heterocycles. The molecule has 0 saturated carbocycles. The number of aryl methyl sites for hydroxylation is 2. The molecule has 7 heteroatoms. The minimum atomic E-state index is -0.0602. The van der Waals surface area contributed by atoms with Crippen LogP contribution in [0, 0.1) is 13.8 Å². The Balaban J connectivity index is 1.68. The van der Waals surface area contributed by atoms with E-state index in [1.165, 1.54) is 6.33 Å². The summed E-state index contributed by atoms with van der Waals surface area (Å²) < 4.78 is 7.39. The van der Waals surface area contributed by atoms with Crippen molar-refractivity contribution in [3.05, 3.63) is 47.5 Å². The van der Waals surface area contributed by atoms with E-state index in [4.69, 9.17) is 4.74 Å². The maximum absolute atomic E-state index is 12.4. The summed E-state index contributed by atoms with van der Waals surface area (Å²) in [5.74, 6) is 1.21. The van der Waals surface area contributed by atoms with Crippen LogP contribution in [-0.2, 0) is 11.2 Å². The number of fused-ring (bicyclic) bond motifs is 1. The summed E-state index contributed by atoms with van der Waals surface area (Å²) in [7, 11) is 0. The monoisotopic (exact) mass is 353 g/mol. The Bertz CT molecular complexity index is 919. The van der Waals surface area contributed by atoms with Crippen LogP contribution >= 0.6 is 0 Å². The summed E-state index contributed by atoms with van der Waals surface area (Å²) in [6.45, 7) is 6.57. The van der Waals surface area contributed by atoms with Crippen LogP contribution in [0.3, 0.4) is 0 Å². The lowest BCUT2D eigenvalue weighted by atomic mass is 10.1. The number of hydrogen-bond acceptors (Lipinski definition) is 5. The van der Waals surface area contributed by atoms with Crippen molar-refractivity contribution in [1.82, 2.24) is 19.6 Å². The van der Waals surface area contributed by atoms with Crippen molar-refractivity contribution in [2.45, 2.75) is 40.0 Å². The summed E-state index contributed by atoms with van der Waals surface area (Å²) in [5.41, 5.74) is 3.56. The van der Waals surface area contributed by atoms with E-state index in [1.807, 2.05) is 45.0 Å². The first-order valence-electron chi connectivity index (χ1n) is 8.77. The Hall–Kier alpha value is -2.96. The Labute approximate surface area is 152 Å². The van der Waals surface area contributed by atoms with E-state index in [0.29, 0.717) is 36.7 Å². The number of amides is 1. The van der Waals surface area contributed by atoms with Crippen molar-refractivity contribution >= 4 is 17.4 Å². The molecule has 0 fully saturated rings. The molecular formula is C19H23N5O2. The average molecular weight is 353 g/mol. The van der Waals surface area contributed by atoms with E-state index >= 15 is 0 Å². The molecule has 26 heavy (non-hydrogen) atoms. The Morgan fingerprint density at radius 3 is 2.88 bits per heavy atom. The molecule has 0 radical (unpaired) electrons. The molecule has 0 saturated heterocycles. The zero-order chi connectivity index (χ0) is 18.5. The van der Waals surface area contributed by atoms with Crippen LogP contribution in [0.25, 0.3) is 5.78 Å². The van der Waals surface area contributed by atoms with Gasteiger partial charge in [-0.05, 0) is 44.4 Å². The van der Waals surface area contributed by atoms with E-state index in [9.17, 15) is 4.79 Å². The summed E-state index contributed by atoms with van der Waals surface area (Å²) in [6, 6.07) is 7.49. The number of benzene rings is 1. The van der Waals surface area contributed by atoms with Gasteiger partial charge in [-0.25, -0.2) is 9.50 Å². The molecule has 136 valence electrons. The summed E-state index contributed by atoms with van der Waals surface area (Å²) in [6.07, 6.45) is 3.34. The standard InChI is InChI=1S/C19H23N5O2/c1-4-11-26-17-8-6-5-7-16(17)23-18(25)10-9-15-13(2)22-19-20-12-21-24(19)14(15)3/h5-8,12H,4,9-11H2,1-3H3,(H,23,25). The third-order valence-electron chi connectivity index (χ3n) is 4.21. The Morgan fingerprint density at radius 2 is 2.08 bits per heavy atom. The molecule has 7 nitrogen and oxygen atoms in total. The van der Waals surface area contributed by atoms with Gasteiger partial charge in [0.1, 0.15) is 12.1 Å². The van der Waals surface area contributed by atoms with Crippen molar-refractivity contribution in [3.63, 3.8) is 0 Å². The molecule has 0 aliphatic heterocycles. The molecule has 1 N–H and O–H groups in total. The number of anilines is 1. The van der Waals surface area contributed by atoms with Crippen LogP contribution in [0.4, 0.5) is 5.69 Å². The topological polar surface area (TPSA) is 81.4 Å². The van der Waals surface area contributed by atoms with Crippen LogP contribution in [0.2, 0.25) is 0 Å². The van der Waals surface area contributed by atoms with Crippen LogP contribution in [0.5, 0.6) is 5.75 Å². The second kappa shape index (κ2) is 7.95. The predicted octanol–water partition coefficient (Wildman–Crippen LogP) is 3.10. The maximum atomic E-state index is 12.4. The van der Waals surface area contributed by atoms with E-state index in [1.54, 1.807) is 4.52 Å². The number of para-hydroxylation sites is 2. The van der Waals surface area contributed by atoms with Crippen molar-refractivity contribution < 1.29 is 9.53 Å². The zero-order valence-corrected chi connectivity index (χ0v) is 15.3. The van der Waals surface area contributed by atoms with Gasteiger partial charge in [-0.15, -0.1) is 0 Å². The first-order valence-corrected chi connectivity index (χ1v) is 8.77. The lowest BCUT2D eigenvalue weighted by molar-refractivity contribution is -0.116. The molecule has 2 aromatic heterocycles. The molecule has 3 rings (SSSR count). The summed E-state index contributed by atoms with van der Waals surface area (Å²) >= 11 is 0. The molecule has 1 aromatic carbocycles. The van der Waals surface area contributed by atoms with Gasteiger partial charge in [-0.3, -0.25) is 4.79 Å². The highest BCUT2D eigenvalue weighted by atomic mass is 16.5. The van der Waals surface area contributed by atoms with Crippen LogP contribution < -0.4 is 10.1 Å². The van der Waals surface area contributed by atoms with Gasteiger partial charge in [-0.1, -0.05) is 19.1 Å². The van der Waals surface area contributed by atoms with E-state index in [-0.39, 0.29) is 5.91 Å². The molecule has 0 aliphatic carbocycles. The molecule has 0 bridgehead atoms. The fraction of sp³-hybridized carbons (Fsp3) is 0.368. The van der Waals surface area contributed by atoms with E-state index in [2.05, 4.69) is 20.4 Å². The fourth-order valence-corrected chi connectivity index (χ4v) is 2.88. The lowest BCUT2D eigenvalue weighted by Crippen LogP contribution is -2.15. The smallest absolute Gasteiger partial charge is 0.252 e. The Morgan fingerprint density at radius 1 is 1.27 bits per heavy atom. The third-order valence-corrected chi connectivity index (χ3v) is 4.21.